The Labute approximate surface area is 127 Å². The van der Waals surface area contributed by atoms with E-state index in [2.05, 4.69) is 36.1 Å². The first-order valence-corrected chi connectivity index (χ1v) is 8.15. The summed E-state index contributed by atoms with van der Waals surface area (Å²) in [5.74, 6) is 0.792. The van der Waals surface area contributed by atoms with E-state index in [1.807, 2.05) is 6.20 Å². The van der Waals surface area contributed by atoms with Crippen LogP contribution in [0.2, 0.25) is 0 Å². The summed E-state index contributed by atoms with van der Waals surface area (Å²) in [4.78, 5) is 14.5. The molecular weight excluding hydrogens is 264 g/mol. The van der Waals surface area contributed by atoms with Crippen LogP contribution in [0.25, 0.3) is 0 Å². The molecule has 0 spiro atoms. The zero-order chi connectivity index (χ0) is 15.2. The minimum Gasteiger partial charge on any atom is -0.370 e. The summed E-state index contributed by atoms with van der Waals surface area (Å²) >= 11 is 0. The number of anilines is 1. The molecule has 21 heavy (non-hydrogen) atoms. The van der Waals surface area contributed by atoms with Gasteiger partial charge in [-0.05, 0) is 38.6 Å². The molecule has 5 heteroatoms. The van der Waals surface area contributed by atoms with Crippen molar-refractivity contribution < 1.29 is 0 Å². The normalized spacial score (nSPS) is 18.0. The lowest BCUT2D eigenvalue weighted by Gasteiger charge is -2.31. The molecule has 1 aliphatic rings. The third-order valence-corrected chi connectivity index (χ3v) is 4.19. The second kappa shape index (κ2) is 7.59. The van der Waals surface area contributed by atoms with Crippen LogP contribution in [0.5, 0.6) is 0 Å². The van der Waals surface area contributed by atoms with Crippen LogP contribution >= 0.6 is 0 Å². The minimum absolute atomic E-state index is 0.00345. The molecule has 0 saturated carbocycles. The molecule has 1 aliphatic heterocycles. The Balaban J connectivity index is 1.99. The van der Waals surface area contributed by atoms with Crippen molar-refractivity contribution in [2.24, 2.45) is 5.92 Å². The molecule has 1 aromatic rings. The molecule has 2 rings (SSSR count). The van der Waals surface area contributed by atoms with Gasteiger partial charge in [0.05, 0.1) is 18.4 Å². The Kier molecular flexibility index (Phi) is 5.79. The number of nitrogens with zero attached hydrogens (tertiary/aromatic N) is 3. The molecule has 0 aromatic carbocycles. The van der Waals surface area contributed by atoms with Crippen LogP contribution in [0, 0.1) is 5.92 Å². The van der Waals surface area contributed by atoms with Crippen molar-refractivity contribution in [1.82, 2.24) is 15.1 Å². The quantitative estimate of drug-likeness (QED) is 0.869. The molecule has 1 atom stereocenters. The first-order chi connectivity index (χ1) is 10.1. The van der Waals surface area contributed by atoms with Gasteiger partial charge < -0.3 is 10.2 Å². The third-order valence-electron chi connectivity index (χ3n) is 4.19. The van der Waals surface area contributed by atoms with Gasteiger partial charge in [-0.3, -0.25) is 4.79 Å². The van der Waals surface area contributed by atoms with Crippen molar-refractivity contribution in [1.29, 1.82) is 0 Å². The van der Waals surface area contributed by atoms with Crippen LogP contribution in [-0.2, 0) is 6.54 Å². The van der Waals surface area contributed by atoms with Crippen molar-refractivity contribution in [2.75, 3.05) is 24.5 Å². The molecule has 118 valence electrons. The van der Waals surface area contributed by atoms with Gasteiger partial charge in [-0.25, -0.2) is 4.68 Å². The monoisotopic (exact) mass is 292 g/mol. The topological polar surface area (TPSA) is 50.2 Å². The summed E-state index contributed by atoms with van der Waals surface area (Å²) in [7, 11) is 0. The van der Waals surface area contributed by atoms with Gasteiger partial charge in [-0.2, -0.15) is 5.10 Å². The number of rotatable bonds is 6. The molecule has 0 radical (unpaired) electrons. The molecule has 1 fully saturated rings. The fourth-order valence-electron chi connectivity index (χ4n) is 2.72. The molecule has 1 aromatic heterocycles. The molecule has 0 amide bonds. The number of nitrogens with one attached hydrogen (secondary N) is 1. The molecule has 1 N–H and O–H groups in total. The molecule has 5 nitrogen and oxygen atoms in total. The number of aromatic nitrogens is 2. The highest BCUT2D eigenvalue weighted by Gasteiger charge is 2.17. The van der Waals surface area contributed by atoms with E-state index in [1.165, 1.54) is 12.8 Å². The van der Waals surface area contributed by atoms with Crippen LogP contribution in [-0.4, -0.2) is 35.5 Å². The summed E-state index contributed by atoms with van der Waals surface area (Å²) in [5.41, 5.74) is 0.966. The van der Waals surface area contributed by atoms with E-state index >= 15 is 0 Å². The Morgan fingerprint density at radius 1 is 1.43 bits per heavy atom. The molecule has 2 heterocycles. The molecule has 1 unspecified atom stereocenters. The predicted octanol–water partition coefficient (Wildman–Crippen LogP) is 1.87. The fourth-order valence-corrected chi connectivity index (χ4v) is 2.72. The van der Waals surface area contributed by atoms with Gasteiger partial charge in [0.25, 0.3) is 5.56 Å². The lowest BCUT2D eigenvalue weighted by atomic mass is 9.99. The highest BCUT2D eigenvalue weighted by molar-refractivity contribution is 5.43. The summed E-state index contributed by atoms with van der Waals surface area (Å²) in [6.45, 7) is 10.2. The Morgan fingerprint density at radius 3 is 2.76 bits per heavy atom. The van der Waals surface area contributed by atoms with Gasteiger partial charge >= 0.3 is 0 Å². The van der Waals surface area contributed by atoms with Crippen LogP contribution in [0.1, 0.15) is 40.0 Å². The largest absolute Gasteiger partial charge is 0.370 e. The van der Waals surface area contributed by atoms with E-state index in [-0.39, 0.29) is 11.6 Å². The summed E-state index contributed by atoms with van der Waals surface area (Å²) in [6.07, 6.45) is 5.32. The van der Waals surface area contributed by atoms with E-state index in [1.54, 1.807) is 10.7 Å². The van der Waals surface area contributed by atoms with Crippen molar-refractivity contribution in [3.05, 3.63) is 22.6 Å². The first kappa shape index (κ1) is 16.0. The van der Waals surface area contributed by atoms with E-state index in [0.717, 1.165) is 37.7 Å². The fraction of sp³-hybridized carbons (Fsp3) is 0.750. The highest BCUT2D eigenvalue weighted by Crippen LogP contribution is 2.20. The van der Waals surface area contributed by atoms with Gasteiger partial charge in [0.2, 0.25) is 0 Å². The van der Waals surface area contributed by atoms with Crippen molar-refractivity contribution >= 4 is 5.69 Å². The maximum Gasteiger partial charge on any atom is 0.268 e. The molecule has 0 bridgehead atoms. The second-order valence-electron chi connectivity index (χ2n) is 6.26. The zero-order valence-corrected chi connectivity index (χ0v) is 13.5. The van der Waals surface area contributed by atoms with Crippen molar-refractivity contribution in [3.63, 3.8) is 0 Å². The SMILES string of the molecule is CCCNC(C)Cn1ncc(N2CCC(C)CC2)cc1=O. The highest BCUT2D eigenvalue weighted by atomic mass is 16.1. The van der Waals surface area contributed by atoms with Crippen LogP contribution < -0.4 is 15.8 Å². The van der Waals surface area contributed by atoms with Gasteiger partial charge in [0.1, 0.15) is 0 Å². The lowest BCUT2D eigenvalue weighted by Crippen LogP contribution is -2.37. The summed E-state index contributed by atoms with van der Waals surface area (Å²) < 4.78 is 1.56. The Bertz CT molecular complexity index is 491. The van der Waals surface area contributed by atoms with Gasteiger partial charge in [-0.1, -0.05) is 13.8 Å². The minimum atomic E-state index is -0.00345. The molecular formula is C16H28N4O. The number of hydrogen-bond acceptors (Lipinski definition) is 4. The molecule has 1 saturated heterocycles. The van der Waals surface area contributed by atoms with Crippen molar-refractivity contribution in [2.45, 2.75) is 52.6 Å². The summed E-state index contributed by atoms with van der Waals surface area (Å²) in [5, 5.41) is 7.72. The maximum absolute atomic E-state index is 12.2. The van der Waals surface area contributed by atoms with Gasteiger partial charge in [0, 0.05) is 25.2 Å². The Morgan fingerprint density at radius 2 is 2.14 bits per heavy atom. The van der Waals surface area contributed by atoms with Crippen molar-refractivity contribution in [3.8, 4) is 0 Å². The maximum atomic E-state index is 12.2. The van der Waals surface area contributed by atoms with E-state index in [9.17, 15) is 4.79 Å². The summed E-state index contributed by atoms with van der Waals surface area (Å²) in [6, 6.07) is 1.99. The van der Waals surface area contributed by atoms with E-state index < -0.39 is 0 Å². The number of hydrogen-bond donors (Lipinski definition) is 1. The van der Waals surface area contributed by atoms with Crippen LogP contribution in [0.3, 0.4) is 0 Å². The van der Waals surface area contributed by atoms with E-state index in [4.69, 9.17) is 0 Å². The lowest BCUT2D eigenvalue weighted by molar-refractivity contribution is 0.430. The average molecular weight is 292 g/mol. The predicted molar refractivity (Wildman–Crippen MR) is 86.9 cm³/mol. The van der Waals surface area contributed by atoms with Gasteiger partial charge in [-0.15, -0.1) is 0 Å². The molecule has 0 aliphatic carbocycles. The first-order valence-electron chi connectivity index (χ1n) is 8.15. The van der Waals surface area contributed by atoms with Crippen LogP contribution in [0.15, 0.2) is 17.1 Å². The van der Waals surface area contributed by atoms with Crippen LogP contribution in [0.4, 0.5) is 5.69 Å². The standard InChI is InChI=1S/C16H28N4O/c1-4-7-17-14(3)12-20-16(21)10-15(11-18-20)19-8-5-13(2)6-9-19/h10-11,13-14,17H,4-9,12H2,1-3H3. The number of piperidine rings is 1. The van der Waals surface area contributed by atoms with E-state index in [0.29, 0.717) is 6.54 Å². The second-order valence-corrected chi connectivity index (χ2v) is 6.26. The third kappa shape index (κ3) is 4.56. The zero-order valence-electron chi connectivity index (χ0n) is 13.5. The Hall–Kier alpha value is -1.36. The smallest absolute Gasteiger partial charge is 0.268 e. The average Bonchev–Trinajstić information content (AvgIpc) is 2.48. The van der Waals surface area contributed by atoms with Gasteiger partial charge in [0.15, 0.2) is 0 Å².